The van der Waals surface area contributed by atoms with Gasteiger partial charge in [0.1, 0.15) is 0 Å². The van der Waals surface area contributed by atoms with Crippen LogP contribution in [0, 0.1) is 0 Å². The summed E-state index contributed by atoms with van der Waals surface area (Å²) in [5, 5.41) is 2.59. The molecule has 1 amide bonds. The van der Waals surface area contributed by atoms with Gasteiger partial charge in [-0.3, -0.25) is 4.79 Å². The van der Waals surface area contributed by atoms with Crippen molar-refractivity contribution in [3.05, 3.63) is 59.7 Å². The minimum absolute atomic E-state index is 0.148. The molecule has 0 unspecified atom stereocenters. The smallest absolute Gasteiger partial charge is 0.321 e. The van der Waals surface area contributed by atoms with E-state index < -0.39 is 17.6 Å². The maximum absolute atomic E-state index is 12.4. The van der Waals surface area contributed by atoms with Gasteiger partial charge in [-0.05, 0) is 36.4 Å². The number of carbonyl (C=O) groups excluding carboxylic acids is 1. The van der Waals surface area contributed by atoms with Gasteiger partial charge < -0.3 is 5.32 Å². The fraction of sp³-hybridized carbons (Fsp3) is 0.0714. The van der Waals surface area contributed by atoms with Crippen LogP contribution in [0.3, 0.4) is 0 Å². The standard InChI is InChI=1S/C14H10F3NOS/c15-14(16,17)10-7-5-9(6-8-10)13(19)18-11-3-1-2-4-12(11)20/h1-8,20H,(H,18,19). The van der Waals surface area contributed by atoms with Crippen LogP contribution in [0.15, 0.2) is 53.4 Å². The van der Waals surface area contributed by atoms with E-state index in [1.807, 2.05) is 0 Å². The zero-order chi connectivity index (χ0) is 14.8. The van der Waals surface area contributed by atoms with Crippen LogP contribution in [-0.2, 0) is 6.18 Å². The molecule has 2 nitrogen and oxygen atoms in total. The van der Waals surface area contributed by atoms with E-state index >= 15 is 0 Å². The number of hydrogen-bond donors (Lipinski definition) is 2. The van der Waals surface area contributed by atoms with Gasteiger partial charge in [-0.25, -0.2) is 0 Å². The summed E-state index contributed by atoms with van der Waals surface area (Å²) in [5.41, 5.74) is -0.140. The van der Waals surface area contributed by atoms with Crippen LogP contribution in [-0.4, -0.2) is 5.91 Å². The van der Waals surface area contributed by atoms with E-state index in [4.69, 9.17) is 0 Å². The fourth-order valence-electron chi connectivity index (χ4n) is 1.58. The Morgan fingerprint density at radius 3 is 2.15 bits per heavy atom. The third kappa shape index (κ3) is 3.33. The Morgan fingerprint density at radius 1 is 1.00 bits per heavy atom. The maximum atomic E-state index is 12.4. The van der Waals surface area contributed by atoms with Crippen molar-refractivity contribution in [3.8, 4) is 0 Å². The van der Waals surface area contributed by atoms with Gasteiger partial charge in [0.05, 0.1) is 11.3 Å². The number of hydrogen-bond acceptors (Lipinski definition) is 2. The van der Waals surface area contributed by atoms with Gasteiger partial charge in [-0.1, -0.05) is 12.1 Å². The Bertz CT molecular complexity index is 623. The van der Waals surface area contributed by atoms with Crippen molar-refractivity contribution in [2.45, 2.75) is 11.1 Å². The molecule has 2 rings (SSSR count). The van der Waals surface area contributed by atoms with Crippen LogP contribution in [0.4, 0.5) is 18.9 Å². The number of alkyl halides is 3. The summed E-state index contributed by atoms with van der Waals surface area (Å²) in [6.45, 7) is 0. The minimum atomic E-state index is -4.41. The van der Waals surface area contributed by atoms with Gasteiger partial charge in [0.25, 0.3) is 5.91 Å². The predicted octanol–water partition coefficient (Wildman–Crippen LogP) is 4.25. The lowest BCUT2D eigenvalue weighted by Crippen LogP contribution is -2.13. The molecule has 0 aliphatic rings. The number of amides is 1. The van der Waals surface area contributed by atoms with Crippen molar-refractivity contribution in [3.63, 3.8) is 0 Å². The van der Waals surface area contributed by atoms with Gasteiger partial charge in [-0.2, -0.15) is 13.2 Å². The van der Waals surface area contributed by atoms with E-state index in [2.05, 4.69) is 17.9 Å². The average molecular weight is 297 g/mol. The van der Waals surface area contributed by atoms with Crippen LogP contribution in [0.2, 0.25) is 0 Å². The first-order chi connectivity index (χ1) is 9.38. The van der Waals surface area contributed by atoms with Crippen molar-refractivity contribution in [2.24, 2.45) is 0 Å². The summed E-state index contributed by atoms with van der Waals surface area (Å²) in [5.74, 6) is -0.486. The minimum Gasteiger partial charge on any atom is -0.321 e. The first-order valence-corrected chi connectivity index (χ1v) is 6.09. The second-order valence-corrected chi connectivity index (χ2v) is 4.53. The molecule has 0 atom stereocenters. The van der Waals surface area contributed by atoms with E-state index in [0.29, 0.717) is 10.6 Å². The summed E-state index contributed by atoms with van der Waals surface area (Å²) in [4.78, 5) is 12.5. The molecule has 0 aliphatic carbocycles. The maximum Gasteiger partial charge on any atom is 0.416 e. The highest BCUT2D eigenvalue weighted by molar-refractivity contribution is 7.80. The number of para-hydroxylation sites is 1. The number of halogens is 3. The van der Waals surface area contributed by atoms with Gasteiger partial charge in [0.2, 0.25) is 0 Å². The van der Waals surface area contributed by atoms with Crippen LogP contribution in [0.5, 0.6) is 0 Å². The molecule has 2 aromatic rings. The zero-order valence-electron chi connectivity index (χ0n) is 10.1. The lowest BCUT2D eigenvalue weighted by Gasteiger charge is -2.09. The molecule has 0 radical (unpaired) electrons. The van der Waals surface area contributed by atoms with Gasteiger partial charge in [0.15, 0.2) is 0 Å². The van der Waals surface area contributed by atoms with E-state index in [0.717, 1.165) is 24.3 Å². The van der Waals surface area contributed by atoms with Gasteiger partial charge in [0, 0.05) is 10.5 Å². The molecule has 2 aromatic carbocycles. The molecular formula is C14H10F3NOS. The average Bonchev–Trinajstić information content (AvgIpc) is 2.40. The Labute approximate surface area is 119 Å². The molecule has 0 saturated heterocycles. The highest BCUT2D eigenvalue weighted by Crippen LogP contribution is 2.29. The second-order valence-electron chi connectivity index (χ2n) is 4.05. The molecule has 1 N–H and O–H groups in total. The quantitative estimate of drug-likeness (QED) is 0.797. The Morgan fingerprint density at radius 2 is 1.60 bits per heavy atom. The van der Waals surface area contributed by atoms with E-state index in [-0.39, 0.29) is 5.56 Å². The molecule has 0 fully saturated rings. The summed E-state index contributed by atoms with van der Waals surface area (Å²) in [7, 11) is 0. The molecule has 0 heterocycles. The van der Waals surface area contributed by atoms with Crippen molar-refractivity contribution in [2.75, 3.05) is 5.32 Å². The molecule has 104 valence electrons. The largest absolute Gasteiger partial charge is 0.416 e. The van der Waals surface area contributed by atoms with Crippen molar-refractivity contribution in [1.82, 2.24) is 0 Å². The van der Waals surface area contributed by atoms with E-state index in [1.165, 1.54) is 0 Å². The number of carbonyl (C=O) groups is 1. The third-order valence-corrected chi connectivity index (χ3v) is 3.02. The van der Waals surface area contributed by atoms with Crippen molar-refractivity contribution < 1.29 is 18.0 Å². The van der Waals surface area contributed by atoms with Crippen LogP contribution >= 0.6 is 12.6 Å². The molecular weight excluding hydrogens is 287 g/mol. The highest BCUT2D eigenvalue weighted by atomic mass is 32.1. The third-order valence-electron chi connectivity index (χ3n) is 2.63. The van der Waals surface area contributed by atoms with Crippen LogP contribution in [0.1, 0.15) is 15.9 Å². The topological polar surface area (TPSA) is 29.1 Å². The fourth-order valence-corrected chi connectivity index (χ4v) is 1.80. The van der Waals surface area contributed by atoms with Crippen LogP contribution < -0.4 is 5.32 Å². The molecule has 0 aromatic heterocycles. The molecule has 0 bridgehead atoms. The molecule has 6 heteroatoms. The first kappa shape index (κ1) is 14.5. The monoisotopic (exact) mass is 297 g/mol. The number of benzene rings is 2. The van der Waals surface area contributed by atoms with Gasteiger partial charge >= 0.3 is 6.18 Å². The van der Waals surface area contributed by atoms with Gasteiger partial charge in [-0.15, -0.1) is 12.6 Å². The SMILES string of the molecule is O=C(Nc1ccccc1S)c1ccc(C(F)(F)F)cc1. The Hall–Kier alpha value is -1.95. The second kappa shape index (κ2) is 5.58. The summed E-state index contributed by atoms with van der Waals surface area (Å²) < 4.78 is 37.2. The summed E-state index contributed by atoms with van der Waals surface area (Å²) in [6, 6.07) is 10.9. The number of rotatable bonds is 2. The highest BCUT2D eigenvalue weighted by Gasteiger charge is 2.30. The lowest BCUT2D eigenvalue weighted by atomic mass is 10.1. The van der Waals surface area contributed by atoms with Crippen LogP contribution in [0.25, 0.3) is 0 Å². The zero-order valence-corrected chi connectivity index (χ0v) is 11.0. The summed E-state index contributed by atoms with van der Waals surface area (Å²) in [6.07, 6.45) is -4.41. The predicted molar refractivity (Wildman–Crippen MR) is 73.1 cm³/mol. The first-order valence-electron chi connectivity index (χ1n) is 5.64. The lowest BCUT2D eigenvalue weighted by molar-refractivity contribution is -0.137. The number of nitrogens with one attached hydrogen (secondary N) is 1. The Kier molecular flexibility index (Phi) is 4.04. The molecule has 0 spiro atoms. The molecule has 0 aliphatic heterocycles. The molecule has 0 saturated carbocycles. The normalized spacial score (nSPS) is 11.2. The van der Waals surface area contributed by atoms with Crippen molar-refractivity contribution in [1.29, 1.82) is 0 Å². The van der Waals surface area contributed by atoms with E-state index in [1.54, 1.807) is 24.3 Å². The summed E-state index contributed by atoms with van der Waals surface area (Å²) >= 11 is 4.18. The molecule has 20 heavy (non-hydrogen) atoms. The Balaban J connectivity index is 2.16. The van der Waals surface area contributed by atoms with E-state index in [9.17, 15) is 18.0 Å². The number of anilines is 1. The number of thiol groups is 1. The van der Waals surface area contributed by atoms with Crippen molar-refractivity contribution >= 4 is 24.2 Å².